The largest absolute Gasteiger partial charge is 0.405 e. The van der Waals surface area contributed by atoms with E-state index in [0.717, 1.165) is 0 Å². The lowest BCUT2D eigenvalue weighted by Crippen LogP contribution is -2.46. The highest BCUT2D eigenvalue weighted by Crippen LogP contribution is 2.12. The van der Waals surface area contributed by atoms with Gasteiger partial charge in [-0.05, 0) is 12.8 Å². The summed E-state index contributed by atoms with van der Waals surface area (Å²) in [6, 6.07) is -0.361. The quantitative estimate of drug-likeness (QED) is 0.753. The Labute approximate surface area is 103 Å². The molecule has 1 amide bonds. The van der Waals surface area contributed by atoms with Crippen molar-refractivity contribution in [1.82, 2.24) is 10.6 Å². The average molecular weight is 288 g/mol. The maximum atomic E-state index is 11.8. The highest BCUT2D eigenvalue weighted by atomic mass is 32.2. The van der Waals surface area contributed by atoms with E-state index < -0.39 is 28.5 Å². The monoisotopic (exact) mass is 288 g/mol. The van der Waals surface area contributed by atoms with E-state index in [1.807, 2.05) is 0 Å². The van der Waals surface area contributed by atoms with Crippen LogP contribution in [0.2, 0.25) is 0 Å². The first-order chi connectivity index (χ1) is 8.18. The topological polar surface area (TPSA) is 75.3 Å². The second kappa shape index (κ2) is 5.87. The van der Waals surface area contributed by atoms with Crippen LogP contribution >= 0.6 is 0 Å². The molecule has 1 fully saturated rings. The van der Waals surface area contributed by atoms with Gasteiger partial charge in [0.25, 0.3) is 0 Å². The third kappa shape index (κ3) is 6.20. The molecular formula is C9H15F3N2O3S. The molecule has 9 heteroatoms. The normalized spacial score (nSPS) is 23.6. The molecule has 0 bridgehead atoms. The fourth-order valence-electron chi connectivity index (χ4n) is 1.68. The SMILES string of the molecule is O=C(CNC1CCCS(=O)(=O)C1)NCC(F)(F)F. The van der Waals surface area contributed by atoms with Gasteiger partial charge in [-0.2, -0.15) is 13.2 Å². The number of halogens is 3. The molecule has 18 heavy (non-hydrogen) atoms. The number of sulfone groups is 1. The van der Waals surface area contributed by atoms with Gasteiger partial charge in [0.15, 0.2) is 9.84 Å². The third-order valence-electron chi connectivity index (χ3n) is 2.50. The molecule has 1 rings (SSSR count). The number of hydrogen-bond donors (Lipinski definition) is 2. The summed E-state index contributed by atoms with van der Waals surface area (Å²) in [6.07, 6.45) is -3.33. The van der Waals surface area contributed by atoms with Crippen LogP contribution in [0.4, 0.5) is 13.2 Å². The lowest BCUT2D eigenvalue weighted by atomic mass is 10.2. The first-order valence-corrected chi connectivity index (χ1v) is 7.27. The number of nitrogens with one attached hydrogen (secondary N) is 2. The summed E-state index contributed by atoms with van der Waals surface area (Å²) in [5.74, 6) is -0.736. The van der Waals surface area contributed by atoms with Crippen molar-refractivity contribution in [2.75, 3.05) is 24.6 Å². The van der Waals surface area contributed by atoms with Gasteiger partial charge in [0.1, 0.15) is 6.54 Å². The van der Waals surface area contributed by atoms with Crippen LogP contribution in [0, 0.1) is 0 Å². The highest BCUT2D eigenvalue weighted by Gasteiger charge is 2.28. The fourth-order valence-corrected chi connectivity index (χ4v) is 3.35. The Morgan fingerprint density at radius 2 is 2.00 bits per heavy atom. The molecule has 1 heterocycles. The molecule has 5 nitrogen and oxygen atoms in total. The molecule has 0 aromatic carbocycles. The van der Waals surface area contributed by atoms with Crippen LogP contribution in [0.1, 0.15) is 12.8 Å². The van der Waals surface area contributed by atoms with Crippen LogP contribution in [0.5, 0.6) is 0 Å². The van der Waals surface area contributed by atoms with E-state index in [1.54, 1.807) is 5.32 Å². The molecule has 106 valence electrons. The van der Waals surface area contributed by atoms with Gasteiger partial charge in [-0.15, -0.1) is 0 Å². The molecular weight excluding hydrogens is 273 g/mol. The maximum Gasteiger partial charge on any atom is 0.405 e. The zero-order chi connectivity index (χ0) is 13.8. The van der Waals surface area contributed by atoms with E-state index in [1.165, 1.54) is 0 Å². The van der Waals surface area contributed by atoms with Crippen molar-refractivity contribution in [3.63, 3.8) is 0 Å². The first kappa shape index (κ1) is 15.2. The minimum absolute atomic E-state index is 0.0699. The summed E-state index contributed by atoms with van der Waals surface area (Å²) in [5, 5.41) is 4.36. The lowest BCUT2D eigenvalue weighted by Gasteiger charge is -2.22. The van der Waals surface area contributed by atoms with E-state index in [4.69, 9.17) is 0 Å². The van der Waals surface area contributed by atoms with Gasteiger partial charge in [-0.1, -0.05) is 0 Å². The molecule has 0 aliphatic carbocycles. The predicted molar refractivity (Wildman–Crippen MR) is 58.7 cm³/mol. The Balaban J connectivity index is 2.26. The predicted octanol–water partition coefficient (Wildman–Crippen LogP) is -0.168. The first-order valence-electron chi connectivity index (χ1n) is 5.45. The Kier molecular flexibility index (Phi) is 4.97. The summed E-state index contributed by atoms with van der Waals surface area (Å²) in [7, 11) is -3.09. The van der Waals surface area contributed by atoms with Crippen molar-refractivity contribution in [3.8, 4) is 0 Å². The van der Waals surface area contributed by atoms with Gasteiger partial charge < -0.3 is 10.6 Å². The number of hydrogen-bond acceptors (Lipinski definition) is 4. The van der Waals surface area contributed by atoms with Gasteiger partial charge in [0.05, 0.1) is 18.1 Å². The van der Waals surface area contributed by atoms with Crippen LogP contribution in [0.15, 0.2) is 0 Å². The van der Waals surface area contributed by atoms with Crippen molar-refractivity contribution >= 4 is 15.7 Å². The van der Waals surface area contributed by atoms with E-state index in [9.17, 15) is 26.4 Å². The summed E-state index contributed by atoms with van der Waals surface area (Å²) in [4.78, 5) is 11.1. The fraction of sp³-hybridized carbons (Fsp3) is 0.889. The van der Waals surface area contributed by atoms with Crippen molar-refractivity contribution < 1.29 is 26.4 Å². The molecule has 0 saturated carbocycles. The minimum Gasteiger partial charge on any atom is -0.346 e. The second-order valence-corrected chi connectivity index (χ2v) is 6.46. The van der Waals surface area contributed by atoms with Crippen LogP contribution in [-0.2, 0) is 14.6 Å². The van der Waals surface area contributed by atoms with E-state index >= 15 is 0 Å². The minimum atomic E-state index is -4.44. The Morgan fingerprint density at radius 3 is 2.56 bits per heavy atom. The number of rotatable bonds is 4. The summed E-state index contributed by atoms with van der Waals surface area (Å²) in [5.41, 5.74) is 0. The van der Waals surface area contributed by atoms with Gasteiger partial charge in [0.2, 0.25) is 5.91 Å². The molecule has 0 radical (unpaired) electrons. The van der Waals surface area contributed by atoms with Crippen molar-refractivity contribution in [2.24, 2.45) is 0 Å². The second-order valence-electron chi connectivity index (χ2n) is 4.23. The Hall–Kier alpha value is -0.830. The summed E-state index contributed by atoms with van der Waals surface area (Å²) < 4.78 is 57.9. The van der Waals surface area contributed by atoms with Crippen LogP contribution < -0.4 is 10.6 Å². The highest BCUT2D eigenvalue weighted by molar-refractivity contribution is 7.91. The van der Waals surface area contributed by atoms with Crippen LogP contribution in [0.3, 0.4) is 0 Å². The molecule has 0 aromatic heterocycles. The van der Waals surface area contributed by atoms with Crippen molar-refractivity contribution in [1.29, 1.82) is 0 Å². The molecule has 1 unspecified atom stereocenters. The molecule has 0 spiro atoms. The number of amides is 1. The standard InChI is InChI=1S/C9H15F3N2O3S/c10-9(11,12)6-14-8(15)4-13-7-2-1-3-18(16,17)5-7/h7,13H,1-6H2,(H,14,15). The van der Waals surface area contributed by atoms with E-state index in [0.29, 0.717) is 12.8 Å². The molecule has 2 N–H and O–H groups in total. The van der Waals surface area contributed by atoms with Gasteiger partial charge in [0, 0.05) is 6.04 Å². The number of carbonyl (C=O) groups is 1. The average Bonchev–Trinajstić information content (AvgIpc) is 2.21. The zero-order valence-corrected chi connectivity index (χ0v) is 10.4. The number of alkyl halides is 3. The van der Waals surface area contributed by atoms with Crippen LogP contribution in [0.25, 0.3) is 0 Å². The Bertz CT molecular complexity index is 394. The molecule has 0 aromatic rings. The van der Waals surface area contributed by atoms with Crippen molar-refractivity contribution in [3.05, 3.63) is 0 Å². The third-order valence-corrected chi connectivity index (χ3v) is 4.32. The zero-order valence-electron chi connectivity index (χ0n) is 9.59. The van der Waals surface area contributed by atoms with Crippen molar-refractivity contribution in [2.45, 2.75) is 25.1 Å². The van der Waals surface area contributed by atoms with Crippen LogP contribution in [-0.4, -0.2) is 51.1 Å². The lowest BCUT2D eigenvalue weighted by molar-refractivity contribution is -0.137. The van der Waals surface area contributed by atoms with Gasteiger partial charge >= 0.3 is 6.18 Å². The summed E-state index contributed by atoms with van der Waals surface area (Å²) >= 11 is 0. The summed E-state index contributed by atoms with van der Waals surface area (Å²) in [6.45, 7) is -1.69. The Morgan fingerprint density at radius 1 is 1.33 bits per heavy atom. The molecule has 1 saturated heterocycles. The van der Waals surface area contributed by atoms with Gasteiger partial charge in [-0.25, -0.2) is 8.42 Å². The molecule has 1 aliphatic heterocycles. The smallest absolute Gasteiger partial charge is 0.346 e. The maximum absolute atomic E-state index is 11.8. The molecule has 1 aliphatic rings. The number of carbonyl (C=O) groups excluding carboxylic acids is 1. The molecule has 1 atom stereocenters. The van der Waals surface area contributed by atoms with E-state index in [2.05, 4.69) is 5.32 Å². The van der Waals surface area contributed by atoms with E-state index in [-0.39, 0.29) is 24.1 Å². The van der Waals surface area contributed by atoms with Gasteiger partial charge in [-0.3, -0.25) is 4.79 Å².